The van der Waals surface area contributed by atoms with E-state index in [9.17, 15) is 15.0 Å². The normalized spacial score (nSPS) is 29.8. The van der Waals surface area contributed by atoms with Crippen molar-refractivity contribution >= 4 is 5.97 Å². The van der Waals surface area contributed by atoms with E-state index in [0.717, 1.165) is 6.42 Å². The average Bonchev–Trinajstić information content (AvgIpc) is 2.46. The van der Waals surface area contributed by atoms with E-state index in [4.69, 9.17) is 4.74 Å². The largest absolute Gasteiger partial charge is 0.466 e. The topological polar surface area (TPSA) is 78.8 Å². The Kier molecular flexibility index (Phi) is 6.43. The number of ether oxygens (including phenoxy) is 1. The standard InChI is InChI=1S/C15H29NO4/c1-4-14(3,11-17)16-10-15(19)8-6-12(7-9-15)13(18)20-5-2/h12,16-17,19H,4-11H2,1-3H3. The Morgan fingerprint density at radius 3 is 2.45 bits per heavy atom. The Morgan fingerprint density at radius 2 is 2.00 bits per heavy atom. The van der Waals surface area contributed by atoms with Gasteiger partial charge in [-0.1, -0.05) is 6.92 Å². The minimum Gasteiger partial charge on any atom is -0.466 e. The van der Waals surface area contributed by atoms with Crippen LogP contribution in [0.5, 0.6) is 0 Å². The molecule has 0 radical (unpaired) electrons. The number of hydrogen-bond donors (Lipinski definition) is 3. The van der Waals surface area contributed by atoms with Gasteiger partial charge in [0.05, 0.1) is 24.7 Å². The lowest BCUT2D eigenvalue weighted by Crippen LogP contribution is -2.53. The molecule has 1 aliphatic carbocycles. The van der Waals surface area contributed by atoms with Gasteiger partial charge in [-0.25, -0.2) is 0 Å². The van der Waals surface area contributed by atoms with Crippen LogP contribution in [0.4, 0.5) is 0 Å². The van der Waals surface area contributed by atoms with Crippen molar-refractivity contribution in [3.05, 3.63) is 0 Å². The second kappa shape index (κ2) is 7.38. The van der Waals surface area contributed by atoms with Gasteiger partial charge in [0.1, 0.15) is 0 Å². The van der Waals surface area contributed by atoms with Gasteiger partial charge in [0.25, 0.3) is 0 Å². The third-order valence-electron chi connectivity index (χ3n) is 4.51. The Hall–Kier alpha value is -0.650. The molecule has 0 aromatic carbocycles. The van der Waals surface area contributed by atoms with Crippen molar-refractivity contribution in [1.29, 1.82) is 0 Å². The van der Waals surface area contributed by atoms with E-state index < -0.39 is 5.60 Å². The molecule has 0 bridgehead atoms. The molecule has 20 heavy (non-hydrogen) atoms. The molecule has 1 atom stereocenters. The van der Waals surface area contributed by atoms with Crippen molar-refractivity contribution in [1.82, 2.24) is 5.32 Å². The fourth-order valence-electron chi connectivity index (χ4n) is 2.50. The van der Waals surface area contributed by atoms with Crippen LogP contribution in [0.25, 0.3) is 0 Å². The lowest BCUT2D eigenvalue weighted by Gasteiger charge is -2.38. The molecule has 0 amide bonds. The first-order valence-electron chi connectivity index (χ1n) is 7.63. The minimum atomic E-state index is -0.783. The van der Waals surface area contributed by atoms with E-state index in [-0.39, 0.29) is 24.0 Å². The summed E-state index contributed by atoms with van der Waals surface area (Å²) in [6, 6.07) is 0. The molecular formula is C15H29NO4. The van der Waals surface area contributed by atoms with Gasteiger partial charge in [-0.05, 0) is 46.0 Å². The van der Waals surface area contributed by atoms with E-state index >= 15 is 0 Å². The lowest BCUT2D eigenvalue weighted by atomic mass is 9.78. The Morgan fingerprint density at radius 1 is 1.40 bits per heavy atom. The first kappa shape index (κ1) is 17.4. The van der Waals surface area contributed by atoms with Crippen molar-refractivity contribution in [2.45, 2.75) is 64.0 Å². The predicted octanol–water partition coefficient (Wildman–Crippen LogP) is 1.22. The van der Waals surface area contributed by atoms with E-state index in [0.29, 0.717) is 38.8 Å². The maximum atomic E-state index is 11.7. The average molecular weight is 287 g/mol. The summed E-state index contributed by atoms with van der Waals surface area (Å²) in [6.45, 7) is 6.66. The third kappa shape index (κ3) is 4.72. The molecule has 1 unspecified atom stereocenters. The SMILES string of the molecule is CCOC(=O)C1CCC(O)(CNC(C)(CC)CO)CC1. The number of rotatable bonds is 7. The van der Waals surface area contributed by atoms with Gasteiger partial charge in [0.15, 0.2) is 0 Å². The van der Waals surface area contributed by atoms with E-state index in [1.54, 1.807) is 0 Å². The van der Waals surface area contributed by atoms with Crippen LogP contribution in [0.15, 0.2) is 0 Å². The summed E-state index contributed by atoms with van der Waals surface area (Å²) in [4.78, 5) is 11.7. The Bertz CT molecular complexity index is 307. The van der Waals surface area contributed by atoms with Gasteiger partial charge in [0, 0.05) is 12.1 Å². The highest BCUT2D eigenvalue weighted by molar-refractivity contribution is 5.72. The molecule has 1 fully saturated rings. The summed E-state index contributed by atoms with van der Waals surface area (Å²) >= 11 is 0. The summed E-state index contributed by atoms with van der Waals surface area (Å²) in [6.07, 6.45) is 3.31. The minimum absolute atomic E-state index is 0.0467. The number of aliphatic hydroxyl groups excluding tert-OH is 1. The maximum Gasteiger partial charge on any atom is 0.308 e. The van der Waals surface area contributed by atoms with Gasteiger partial charge < -0.3 is 20.3 Å². The number of carbonyl (C=O) groups is 1. The van der Waals surface area contributed by atoms with Crippen LogP contribution < -0.4 is 5.32 Å². The lowest BCUT2D eigenvalue weighted by molar-refractivity contribution is -0.151. The van der Waals surface area contributed by atoms with Crippen molar-refractivity contribution in [3.8, 4) is 0 Å². The third-order valence-corrected chi connectivity index (χ3v) is 4.51. The molecule has 0 aromatic rings. The molecule has 118 valence electrons. The highest BCUT2D eigenvalue weighted by atomic mass is 16.5. The fourth-order valence-corrected chi connectivity index (χ4v) is 2.50. The van der Waals surface area contributed by atoms with Crippen molar-refractivity contribution in [3.63, 3.8) is 0 Å². The van der Waals surface area contributed by atoms with E-state index in [2.05, 4.69) is 5.32 Å². The molecule has 0 aliphatic heterocycles. The molecule has 0 saturated heterocycles. The molecular weight excluding hydrogens is 258 g/mol. The van der Waals surface area contributed by atoms with Crippen molar-refractivity contribution in [2.24, 2.45) is 5.92 Å². The number of hydrogen-bond acceptors (Lipinski definition) is 5. The van der Waals surface area contributed by atoms with Crippen LogP contribution in [0, 0.1) is 5.92 Å². The van der Waals surface area contributed by atoms with E-state index in [1.807, 2.05) is 20.8 Å². The highest BCUT2D eigenvalue weighted by Crippen LogP contribution is 2.32. The summed E-state index contributed by atoms with van der Waals surface area (Å²) in [5, 5.41) is 23.2. The first-order valence-corrected chi connectivity index (χ1v) is 7.63. The summed E-state index contributed by atoms with van der Waals surface area (Å²) in [5.74, 6) is -0.220. The molecule has 1 aliphatic rings. The van der Waals surface area contributed by atoms with Crippen LogP contribution in [0.2, 0.25) is 0 Å². The second-order valence-electron chi connectivity index (χ2n) is 6.18. The zero-order chi connectivity index (χ0) is 15.2. The molecule has 0 heterocycles. The van der Waals surface area contributed by atoms with Crippen molar-refractivity contribution in [2.75, 3.05) is 19.8 Å². The number of carbonyl (C=O) groups excluding carboxylic acids is 1. The smallest absolute Gasteiger partial charge is 0.308 e. The molecule has 5 nitrogen and oxygen atoms in total. The number of β-amino-alcohol motifs (C(OH)–C–C–N with tert-alkyl or cyclic N) is 1. The summed E-state index contributed by atoms with van der Waals surface area (Å²) < 4.78 is 5.03. The van der Waals surface area contributed by atoms with E-state index in [1.165, 1.54) is 0 Å². The van der Waals surface area contributed by atoms with Gasteiger partial charge in [-0.3, -0.25) is 4.79 Å². The van der Waals surface area contributed by atoms with Crippen LogP contribution in [0.3, 0.4) is 0 Å². The van der Waals surface area contributed by atoms with Crippen LogP contribution in [-0.2, 0) is 9.53 Å². The van der Waals surface area contributed by atoms with Crippen LogP contribution in [-0.4, -0.2) is 47.1 Å². The van der Waals surface area contributed by atoms with Crippen LogP contribution >= 0.6 is 0 Å². The summed E-state index contributed by atoms with van der Waals surface area (Å²) in [5.41, 5.74) is -1.14. The highest BCUT2D eigenvalue weighted by Gasteiger charge is 2.37. The predicted molar refractivity (Wildman–Crippen MR) is 77.3 cm³/mol. The molecule has 1 rings (SSSR count). The molecule has 5 heteroatoms. The second-order valence-corrected chi connectivity index (χ2v) is 6.18. The maximum absolute atomic E-state index is 11.7. The molecule has 0 aromatic heterocycles. The quantitative estimate of drug-likeness (QED) is 0.614. The van der Waals surface area contributed by atoms with Gasteiger partial charge in [-0.15, -0.1) is 0 Å². The zero-order valence-corrected chi connectivity index (χ0v) is 12.9. The molecule has 1 saturated carbocycles. The fraction of sp³-hybridized carbons (Fsp3) is 0.933. The number of esters is 1. The summed E-state index contributed by atoms with van der Waals surface area (Å²) in [7, 11) is 0. The van der Waals surface area contributed by atoms with Gasteiger partial charge in [0.2, 0.25) is 0 Å². The first-order chi connectivity index (χ1) is 9.38. The zero-order valence-electron chi connectivity index (χ0n) is 12.9. The number of nitrogens with one attached hydrogen (secondary N) is 1. The molecule has 0 spiro atoms. The Labute approximate surface area is 121 Å². The van der Waals surface area contributed by atoms with Gasteiger partial charge >= 0.3 is 5.97 Å². The monoisotopic (exact) mass is 287 g/mol. The van der Waals surface area contributed by atoms with Crippen molar-refractivity contribution < 1.29 is 19.7 Å². The van der Waals surface area contributed by atoms with Gasteiger partial charge in [-0.2, -0.15) is 0 Å². The number of aliphatic hydroxyl groups is 2. The Balaban J connectivity index is 2.44. The molecule has 3 N–H and O–H groups in total. The van der Waals surface area contributed by atoms with Crippen LogP contribution in [0.1, 0.15) is 52.9 Å².